The zero-order valence-corrected chi connectivity index (χ0v) is 9.05. The van der Waals surface area contributed by atoms with Crippen LogP contribution >= 0.6 is 38.5 Å². The van der Waals surface area contributed by atoms with E-state index < -0.39 is 0 Å². The van der Waals surface area contributed by atoms with Crippen LogP contribution < -0.4 is 0 Å². The molecular weight excluding hydrogens is 321 g/mol. The Hall–Kier alpha value is -0.170. The van der Waals surface area contributed by atoms with E-state index in [1.165, 1.54) is 0 Å². The Bertz CT molecular complexity index is 398. The van der Waals surface area contributed by atoms with Gasteiger partial charge in [-0.2, -0.15) is 5.10 Å². The second kappa shape index (κ2) is 2.71. The van der Waals surface area contributed by atoms with Crippen LogP contribution in [0.1, 0.15) is 0 Å². The zero-order chi connectivity index (χ0) is 7.84. The third-order valence-corrected chi connectivity index (χ3v) is 2.62. The topological polar surface area (TPSA) is 41.6 Å². The Morgan fingerprint density at radius 2 is 2.36 bits per heavy atom. The van der Waals surface area contributed by atoms with E-state index in [-0.39, 0.29) is 0 Å². The molecule has 0 unspecified atom stereocenters. The molecule has 2 aromatic rings. The van der Waals surface area contributed by atoms with Gasteiger partial charge in [0.1, 0.15) is 8.30 Å². The summed E-state index contributed by atoms with van der Waals surface area (Å²) in [6, 6.07) is 1.95. The van der Waals surface area contributed by atoms with Crippen LogP contribution in [0.4, 0.5) is 0 Å². The SMILES string of the molecule is Brc1cc2c(I)n[nH]c2cn1. The number of H-pyrrole nitrogens is 1. The number of aromatic nitrogens is 3. The van der Waals surface area contributed by atoms with E-state index in [1.807, 2.05) is 6.07 Å². The van der Waals surface area contributed by atoms with Gasteiger partial charge in [-0.25, -0.2) is 4.98 Å². The van der Waals surface area contributed by atoms with E-state index in [0.717, 1.165) is 19.2 Å². The van der Waals surface area contributed by atoms with Gasteiger partial charge in [0.2, 0.25) is 0 Å². The van der Waals surface area contributed by atoms with Gasteiger partial charge in [0, 0.05) is 5.39 Å². The van der Waals surface area contributed by atoms with E-state index in [2.05, 4.69) is 53.7 Å². The average molecular weight is 324 g/mol. The number of nitrogens with zero attached hydrogens (tertiary/aromatic N) is 2. The highest BCUT2D eigenvalue weighted by atomic mass is 127. The summed E-state index contributed by atoms with van der Waals surface area (Å²) in [4.78, 5) is 4.06. The van der Waals surface area contributed by atoms with Gasteiger partial charge in [0.25, 0.3) is 0 Å². The van der Waals surface area contributed by atoms with Crippen LogP contribution in [0.25, 0.3) is 10.9 Å². The number of hydrogen-bond acceptors (Lipinski definition) is 2. The van der Waals surface area contributed by atoms with Crippen molar-refractivity contribution in [3.8, 4) is 0 Å². The monoisotopic (exact) mass is 323 g/mol. The third-order valence-electron chi connectivity index (χ3n) is 1.37. The molecule has 56 valence electrons. The summed E-state index contributed by atoms with van der Waals surface area (Å²) >= 11 is 5.47. The van der Waals surface area contributed by atoms with Crippen molar-refractivity contribution in [3.63, 3.8) is 0 Å². The molecule has 0 aromatic carbocycles. The summed E-state index contributed by atoms with van der Waals surface area (Å²) in [5.41, 5.74) is 0.970. The van der Waals surface area contributed by atoms with Crippen molar-refractivity contribution >= 4 is 49.4 Å². The Labute approximate surface area is 84.9 Å². The molecule has 2 rings (SSSR count). The summed E-state index contributed by atoms with van der Waals surface area (Å²) in [6.45, 7) is 0. The van der Waals surface area contributed by atoms with E-state index >= 15 is 0 Å². The van der Waals surface area contributed by atoms with Crippen LogP contribution in [0.5, 0.6) is 0 Å². The van der Waals surface area contributed by atoms with E-state index in [9.17, 15) is 0 Å². The maximum atomic E-state index is 4.06. The number of halogens is 2. The Morgan fingerprint density at radius 1 is 1.55 bits per heavy atom. The molecule has 1 N–H and O–H groups in total. The molecule has 3 nitrogen and oxygen atoms in total. The van der Waals surface area contributed by atoms with Crippen LogP contribution in [-0.4, -0.2) is 15.2 Å². The highest BCUT2D eigenvalue weighted by Gasteiger charge is 2.01. The first-order chi connectivity index (χ1) is 5.27. The number of nitrogens with one attached hydrogen (secondary N) is 1. The molecule has 0 spiro atoms. The van der Waals surface area contributed by atoms with Crippen molar-refractivity contribution in [1.29, 1.82) is 0 Å². The molecule has 5 heteroatoms. The molecular formula is C6H3BrIN3. The molecule has 11 heavy (non-hydrogen) atoms. The second-order valence-electron chi connectivity index (χ2n) is 2.07. The molecule has 0 amide bonds. The highest BCUT2D eigenvalue weighted by Crippen LogP contribution is 2.19. The molecule has 0 aliphatic rings. The quantitative estimate of drug-likeness (QED) is 0.597. The van der Waals surface area contributed by atoms with Crippen molar-refractivity contribution in [3.05, 3.63) is 20.6 Å². The number of pyridine rings is 1. The van der Waals surface area contributed by atoms with E-state index in [1.54, 1.807) is 6.20 Å². The lowest BCUT2D eigenvalue weighted by atomic mass is 10.3. The first-order valence-electron chi connectivity index (χ1n) is 2.92. The molecule has 2 heterocycles. The van der Waals surface area contributed by atoms with Gasteiger partial charge in [0.15, 0.2) is 0 Å². The number of hydrogen-bond donors (Lipinski definition) is 1. The van der Waals surface area contributed by atoms with Gasteiger partial charge in [-0.3, -0.25) is 5.10 Å². The molecule has 0 aliphatic carbocycles. The smallest absolute Gasteiger partial charge is 0.131 e. The zero-order valence-electron chi connectivity index (χ0n) is 5.31. The summed E-state index contributed by atoms with van der Waals surface area (Å²) in [5.74, 6) is 0. The number of fused-ring (bicyclic) bond motifs is 1. The normalized spacial score (nSPS) is 10.7. The summed E-state index contributed by atoms with van der Waals surface area (Å²) in [6.07, 6.45) is 1.76. The first-order valence-corrected chi connectivity index (χ1v) is 4.79. The summed E-state index contributed by atoms with van der Waals surface area (Å²) in [5, 5.41) is 8.02. The van der Waals surface area contributed by atoms with Crippen LogP contribution in [0.2, 0.25) is 0 Å². The average Bonchev–Trinajstić information content (AvgIpc) is 2.33. The minimum absolute atomic E-state index is 0.837. The van der Waals surface area contributed by atoms with Crippen LogP contribution in [0, 0.1) is 3.70 Å². The Balaban J connectivity index is 2.87. The fourth-order valence-electron chi connectivity index (χ4n) is 0.859. The lowest BCUT2D eigenvalue weighted by Crippen LogP contribution is -1.74. The largest absolute Gasteiger partial charge is 0.275 e. The minimum Gasteiger partial charge on any atom is -0.275 e. The number of aromatic amines is 1. The predicted molar refractivity (Wildman–Crippen MR) is 54.3 cm³/mol. The highest BCUT2D eigenvalue weighted by molar-refractivity contribution is 14.1. The molecule has 0 fully saturated rings. The molecule has 0 saturated heterocycles. The third kappa shape index (κ3) is 1.26. The molecule has 0 atom stereocenters. The van der Waals surface area contributed by atoms with Crippen molar-refractivity contribution in [1.82, 2.24) is 15.2 Å². The van der Waals surface area contributed by atoms with Gasteiger partial charge in [-0.1, -0.05) is 0 Å². The van der Waals surface area contributed by atoms with Crippen molar-refractivity contribution in [2.45, 2.75) is 0 Å². The first kappa shape index (κ1) is 7.48. The van der Waals surface area contributed by atoms with Crippen molar-refractivity contribution in [2.24, 2.45) is 0 Å². The minimum atomic E-state index is 0.837. The fraction of sp³-hybridized carbons (Fsp3) is 0. The van der Waals surface area contributed by atoms with Crippen LogP contribution in [-0.2, 0) is 0 Å². The van der Waals surface area contributed by atoms with Gasteiger partial charge < -0.3 is 0 Å². The lowest BCUT2D eigenvalue weighted by molar-refractivity contribution is 1.09. The Kier molecular flexibility index (Phi) is 1.84. The Morgan fingerprint density at radius 3 is 3.18 bits per heavy atom. The molecule has 0 aliphatic heterocycles. The fourth-order valence-corrected chi connectivity index (χ4v) is 1.76. The van der Waals surface area contributed by atoms with Crippen LogP contribution in [0.3, 0.4) is 0 Å². The van der Waals surface area contributed by atoms with Gasteiger partial charge >= 0.3 is 0 Å². The predicted octanol–water partition coefficient (Wildman–Crippen LogP) is 2.33. The molecule has 2 aromatic heterocycles. The van der Waals surface area contributed by atoms with Gasteiger partial charge in [-0.15, -0.1) is 0 Å². The van der Waals surface area contributed by atoms with Gasteiger partial charge in [-0.05, 0) is 44.6 Å². The van der Waals surface area contributed by atoms with Crippen LogP contribution in [0.15, 0.2) is 16.9 Å². The number of rotatable bonds is 0. The molecule has 0 saturated carbocycles. The van der Waals surface area contributed by atoms with Crippen molar-refractivity contribution in [2.75, 3.05) is 0 Å². The maximum Gasteiger partial charge on any atom is 0.131 e. The molecule has 0 bridgehead atoms. The standard InChI is InChI=1S/C6H3BrIN3/c7-5-1-3-4(2-9-5)10-11-6(3)8/h1-2H,(H,10,11). The lowest BCUT2D eigenvalue weighted by Gasteiger charge is -1.88. The molecule has 0 radical (unpaired) electrons. The van der Waals surface area contributed by atoms with E-state index in [4.69, 9.17) is 0 Å². The van der Waals surface area contributed by atoms with Crippen molar-refractivity contribution < 1.29 is 0 Å². The maximum absolute atomic E-state index is 4.06. The van der Waals surface area contributed by atoms with Gasteiger partial charge in [0.05, 0.1) is 11.7 Å². The summed E-state index contributed by atoms with van der Waals surface area (Å²) in [7, 11) is 0. The second-order valence-corrected chi connectivity index (χ2v) is 3.90. The van der Waals surface area contributed by atoms with E-state index in [0.29, 0.717) is 0 Å². The summed E-state index contributed by atoms with van der Waals surface area (Å²) < 4.78 is 1.81.